The molecule has 152 valence electrons. The minimum atomic E-state index is -3.92. The number of carbonyl (C=O) groups is 2. The molecule has 8 nitrogen and oxygen atoms in total. The van der Waals surface area contributed by atoms with Crippen LogP contribution in [0.2, 0.25) is 0 Å². The second-order valence-electron chi connectivity index (χ2n) is 7.08. The number of hydrogen-bond acceptors (Lipinski definition) is 5. The Morgan fingerprint density at radius 3 is 2.76 bits per heavy atom. The third kappa shape index (κ3) is 3.70. The molecule has 1 fully saturated rings. The van der Waals surface area contributed by atoms with Crippen molar-refractivity contribution < 1.29 is 22.7 Å². The van der Waals surface area contributed by atoms with E-state index in [1.807, 2.05) is 6.07 Å². The molecule has 0 radical (unpaired) electrons. The van der Waals surface area contributed by atoms with Crippen LogP contribution < -0.4 is 15.4 Å². The lowest BCUT2D eigenvalue weighted by molar-refractivity contribution is -0.119. The van der Waals surface area contributed by atoms with E-state index in [0.717, 1.165) is 0 Å². The van der Waals surface area contributed by atoms with Crippen LogP contribution in [0.25, 0.3) is 0 Å². The standard InChI is InChI=1S/C20H21N3O5S/c1-13-10-15-17(28-12-19(24)22-15)11-18(13)29(26,27)23-9-5-8-16(23)20(25)21-14-6-3-2-4-7-14/h2-4,6-7,10-11,16H,5,8-9,12H2,1H3,(H,21,25)(H,22,24). The maximum absolute atomic E-state index is 13.4. The van der Waals surface area contributed by atoms with Gasteiger partial charge in [0, 0.05) is 18.3 Å². The number of rotatable bonds is 4. The lowest BCUT2D eigenvalue weighted by Crippen LogP contribution is -2.43. The van der Waals surface area contributed by atoms with Gasteiger partial charge in [-0.05, 0) is 43.5 Å². The van der Waals surface area contributed by atoms with Gasteiger partial charge in [-0.1, -0.05) is 18.2 Å². The lowest BCUT2D eigenvalue weighted by atomic mass is 10.2. The minimum absolute atomic E-state index is 0.0758. The molecule has 2 aromatic rings. The number of fused-ring (bicyclic) bond motifs is 1. The van der Waals surface area contributed by atoms with Gasteiger partial charge in [0.2, 0.25) is 15.9 Å². The summed E-state index contributed by atoms with van der Waals surface area (Å²) in [4.78, 5) is 24.3. The molecule has 0 spiro atoms. The summed E-state index contributed by atoms with van der Waals surface area (Å²) in [5.41, 5.74) is 1.54. The number of nitrogens with zero attached hydrogens (tertiary/aromatic N) is 1. The Morgan fingerprint density at radius 2 is 2.00 bits per heavy atom. The summed E-state index contributed by atoms with van der Waals surface area (Å²) in [6.45, 7) is 1.76. The quantitative estimate of drug-likeness (QED) is 0.796. The van der Waals surface area contributed by atoms with Gasteiger partial charge in [-0.2, -0.15) is 4.31 Å². The van der Waals surface area contributed by atoms with Gasteiger partial charge in [-0.15, -0.1) is 0 Å². The van der Waals surface area contributed by atoms with Crippen molar-refractivity contribution in [2.45, 2.75) is 30.7 Å². The zero-order valence-electron chi connectivity index (χ0n) is 15.8. The van der Waals surface area contributed by atoms with Crippen molar-refractivity contribution in [3.63, 3.8) is 0 Å². The molecule has 0 aromatic heterocycles. The third-order valence-electron chi connectivity index (χ3n) is 5.04. The Morgan fingerprint density at radius 1 is 1.24 bits per heavy atom. The van der Waals surface area contributed by atoms with Crippen molar-refractivity contribution in [3.05, 3.63) is 48.0 Å². The van der Waals surface area contributed by atoms with Crippen LogP contribution in [0.5, 0.6) is 5.75 Å². The number of carbonyl (C=O) groups excluding carboxylic acids is 2. The minimum Gasteiger partial charge on any atom is -0.482 e. The first kappa shape index (κ1) is 19.4. The van der Waals surface area contributed by atoms with Gasteiger partial charge in [0.15, 0.2) is 6.61 Å². The largest absolute Gasteiger partial charge is 0.482 e. The second kappa shape index (κ2) is 7.49. The SMILES string of the molecule is Cc1cc2c(cc1S(=O)(=O)N1CCCC1C(=O)Nc1ccccc1)OCC(=O)N2. The molecular weight excluding hydrogens is 394 g/mol. The van der Waals surface area contributed by atoms with Crippen LogP contribution in [0.3, 0.4) is 0 Å². The molecule has 4 rings (SSSR count). The number of sulfonamides is 1. The number of benzene rings is 2. The zero-order valence-corrected chi connectivity index (χ0v) is 16.7. The van der Waals surface area contributed by atoms with Gasteiger partial charge in [0.25, 0.3) is 5.91 Å². The predicted octanol–water partition coefficient (Wildman–Crippen LogP) is 2.12. The van der Waals surface area contributed by atoms with Gasteiger partial charge in [0.1, 0.15) is 11.8 Å². The molecule has 0 saturated carbocycles. The number of ether oxygens (including phenoxy) is 1. The molecule has 29 heavy (non-hydrogen) atoms. The van der Waals surface area contributed by atoms with Gasteiger partial charge in [-0.25, -0.2) is 8.42 Å². The van der Waals surface area contributed by atoms with Crippen LogP contribution in [0.4, 0.5) is 11.4 Å². The predicted molar refractivity (Wildman–Crippen MR) is 107 cm³/mol. The monoisotopic (exact) mass is 415 g/mol. The molecule has 9 heteroatoms. The highest BCUT2D eigenvalue weighted by Gasteiger charge is 2.40. The Hall–Kier alpha value is -2.91. The Bertz CT molecular complexity index is 1070. The van der Waals surface area contributed by atoms with E-state index in [9.17, 15) is 18.0 Å². The van der Waals surface area contributed by atoms with E-state index in [4.69, 9.17) is 4.74 Å². The highest BCUT2D eigenvalue weighted by molar-refractivity contribution is 7.89. The maximum Gasteiger partial charge on any atom is 0.262 e. The van der Waals surface area contributed by atoms with E-state index < -0.39 is 16.1 Å². The van der Waals surface area contributed by atoms with Gasteiger partial charge in [-0.3, -0.25) is 9.59 Å². The average Bonchev–Trinajstić information content (AvgIpc) is 3.19. The van der Waals surface area contributed by atoms with E-state index in [-0.39, 0.29) is 29.9 Å². The van der Waals surface area contributed by atoms with Crippen LogP contribution in [0.15, 0.2) is 47.4 Å². The smallest absolute Gasteiger partial charge is 0.262 e. The van der Waals surface area contributed by atoms with Gasteiger partial charge < -0.3 is 15.4 Å². The molecule has 1 saturated heterocycles. The van der Waals surface area contributed by atoms with Crippen molar-refractivity contribution >= 4 is 33.2 Å². The fraction of sp³-hybridized carbons (Fsp3) is 0.300. The first-order valence-electron chi connectivity index (χ1n) is 9.31. The molecule has 2 N–H and O–H groups in total. The maximum atomic E-state index is 13.4. The normalized spacial score (nSPS) is 19.2. The fourth-order valence-electron chi connectivity index (χ4n) is 3.66. The van der Waals surface area contributed by atoms with Crippen LogP contribution >= 0.6 is 0 Å². The molecular formula is C20H21N3O5S. The average molecular weight is 415 g/mol. The summed E-state index contributed by atoms with van der Waals surface area (Å²) in [5, 5.41) is 5.46. The Labute approximate surface area is 168 Å². The highest BCUT2D eigenvalue weighted by atomic mass is 32.2. The molecule has 0 aliphatic carbocycles. The molecule has 2 aliphatic heterocycles. The Balaban J connectivity index is 1.62. The van der Waals surface area contributed by atoms with Crippen molar-refractivity contribution in [2.75, 3.05) is 23.8 Å². The number of hydrogen-bond donors (Lipinski definition) is 2. The van der Waals surface area contributed by atoms with E-state index in [0.29, 0.717) is 35.5 Å². The van der Waals surface area contributed by atoms with Crippen molar-refractivity contribution in [1.82, 2.24) is 4.31 Å². The number of para-hydroxylation sites is 1. The van der Waals surface area contributed by atoms with Gasteiger partial charge in [0.05, 0.1) is 10.6 Å². The highest BCUT2D eigenvalue weighted by Crippen LogP contribution is 2.36. The molecule has 2 aromatic carbocycles. The molecule has 2 amide bonds. The van der Waals surface area contributed by atoms with E-state index >= 15 is 0 Å². The summed E-state index contributed by atoms with van der Waals surface area (Å²) in [6.07, 6.45) is 1.05. The van der Waals surface area contributed by atoms with Crippen molar-refractivity contribution in [1.29, 1.82) is 0 Å². The summed E-state index contributed by atoms with van der Waals surface area (Å²) < 4.78 is 33.4. The molecule has 1 unspecified atom stereocenters. The number of aryl methyl sites for hydroxylation is 1. The van der Waals surface area contributed by atoms with Crippen LogP contribution in [-0.2, 0) is 19.6 Å². The zero-order chi connectivity index (χ0) is 20.6. The van der Waals surface area contributed by atoms with Crippen LogP contribution in [0, 0.1) is 6.92 Å². The fourth-order valence-corrected chi connectivity index (χ4v) is 5.54. The third-order valence-corrected chi connectivity index (χ3v) is 7.09. The number of anilines is 2. The van der Waals surface area contributed by atoms with E-state index in [1.165, 1.54) is 10.4 Å². The number of nitrogens with one attached hydrogen (secondary N) is 2. The lowest BCUT2D eigenvalue weighted by Gasteiger charge is -2.26. The van der Waals surface area contributed by atoms with Crippen LogP contribution in [0.1, 0.15) is 18.4 Å². The van der Waals surface area contributed by atoms with Crippen molar-refractivity contribution in [2.24, 2.45) is 0 Å². The summed E-state index contributed by atoms with van der Waals surface area (Å²) in [6, 6.07) is 11.2. The van der Waals surface area contributed by atoms with E-state index in [1.54, 1.807) is 37.3 Å². The summed E-state index contributed by atoms with van der Waals surface area (Å²) >= 11 is 0. The molecule has 2 aliphatic rings. The number of amides is 2. The Kier molecular flexibility index (Phi) is 5.01. The summed E-state index contributed by atoms with van der Waals surface area (Å²) in [7, 11) is -3.92. The van der Waals surface area contributed by atoms with Crippen LogP contribution in [-0.4, -0.2) is 43.7 Å². The summed E-state index contributed by atoms with van der Waals surface area (Å²) in [5.74, 6) is -0.334. The first-order chi connectivity index (χ1) is 13.9. The molecule has 0 bridgehead atoms. The van der Waals surface area contributed by atoms with Gasteiger partial charge >= 0.3 is 0 Å². The van der Waals surface area contributed by atoms with E-state index in [2.05, 4.69) is 10.6 Å². The molecule has 2 heterocycles. The van der Waals surface area contributed by atoms with Crippen molar-refractivity contribution in [3.8, 4) is 5.75 Å². The second-order valence-corrected chi connectivity index (χ2v) is 8.94. The first-order valence-corrected chi connectivity index (χ1v) is 10.8. The molecule has 1 atom stereocenters. The topological polar surface area (TPSA) is 105 Å².